The fourth-order valence-electron chi connectivity index (χ4n) is 1.79. The van der Waals surface area contributed by atoms with Gasteiger partial charge in [0.25, 0.3) is 0 Å². The molecule has 22 heavy (non-hydrogen) atoms. The van der Waals surface area contributed by atoms with E-state index in [-0.39, 0.29) is 5.91 Å². The molecule has 2 aromatic rings. The molecule has 0 fully saturated rings. The van der Waals surface area contributed by atoms with Gasteiger partial charge in [0.15, 0.2) is 11.5 Å². The molecule has 0 saturated heterocycles. The topological polar surface area (TPSA) is 47.6 Å². The lowest BCUT2D eigenvalue weighted by Gasteiger charge is -2.10. The fourth-order valence-corrected chi connectivity index (χ4v) is 2.62. The number of amides is 1. The number of carbonyl (C=O) groups is 1. The van der Waals surface area contributed by atoms with Gasteiger partial charge in [-0.25, -0.2) is 0 Å². The molecule has 0 aliphatic rings. The maximum absolute atomic E-state index is 12.0. The van der Waals surface area contributed by atoms with E-state index in [1.807, 2.05) is 12.1 Å². The summed E-state index contributed by atoms with van der Waals surface area (Å²) in [5.74, 6) is 1.42. The Balaban J connectivity index is 1.93. The number of hydrogen-bond acceptors (Lipinski definition) is 4. The summed E-state index contributed by atoms with van der Waals surface area (Å²) >= 11 is 7.27. The van der Waals surface area contributed by atoms with Gasteiger partial charge in [-0.1, -0.05) is 11.6 Å². The van der Waals surface area contributed by atoms with Gasteiger partial charge in [0, 0.05) is 21.7 Å². The second kappa shape index (κ2) is 7.96. The number of halogens is 1. The van der Waals surface area contributed by atoms with Crippen molar-refractivity contribution in [2.45, 2.75) is 4.90 Å². The minimum atomic E-state index is -0.0906. The highest BCUT2D eigenvalue weighted by atomic mass is 35.5. The molecule has 0 radical (unpaired) electrons. The summed E-state index contributed by atoms with van der Waals surface area (Å²) in [4.78, 5) is 13.0. The second-order valence-electron chi connectivity index (χ2n) is 4.36. The van der Waals surface area contributed by atoms with Crippen LogP contribution in [0.2, 0.25) is 5.02 Å². The Bertz CT molecular complexity index is 646. The lowest BCUT2D eigenvalue weighted by molar-refractivity contribution is -0.113. The summed E-state index contributed by atoms with van der Waals surface area (Å²) in [5.41, 5.74) is 0.666. The van der Waals surface area contributed by atoms with Crippen molar-refractivity contribution in [3.63, 3.8) is 0 Å². The van der Waals surface area contributed by atoms with Crippen LogP contribution in [0, 0.1) is 0 Å². The van der Waals surface area contributed by atoms with Crippen molar-refractivity contribution in [1.82, 2.24) is 0 Å². The lowest BCUT2D eigenvalue weighted by Crippen LogP contribution is -2.14. The van der Waals surface area contributed by atoms with Crippen LogP contribution < -0.4 is 14.8 Å². The lowest BCUT2D eigenvalue weighted by atomic mass is 10.2. The average molecular weight is 338 g/mol. The minimum absolute atomic E-state index is 0.0906. The third-order valence-corrected chi connectivity index (χ3v) is 4.11. The molecular weight excluding hydrogens is 322 g/mol. The first kappa shape index (κ1) is 16.5. The standard InChI is InChI=1S/C16H16ClNO3S/c1-20-14-8-5-12(9-15(14)21-2)18-16(19)10-22-13-6-3-11(17)4-7-13/h3-9H,10H2,1-2H3,(H,18,19). The summed E-state index contributed by atoms with van der Waals surface area (Å²) in [6.45, 7) is 0. The molecule has 0 bridgehead atoms. The molecule has 0 unspecified atom stereocenters. The molecule has 0 aliphatic heterocycles. The third kappa shape index (κ3) is 4.58. The highest BCUT2D eigenvalue weighted by Crippen LogP contribution is 2.30. The molecule has 0 saturated carbocycles. The molecule has 4 nitrogen and oxygen atoms in total. The maximum Gasteiger partial charge on any atom is 0.234 e. The van der Waals surface area contributed by atoms with Crippen LogP contribution in [0.25, 0.3) is 0 Å². The number of benzene rings is 2. The van der Waals surface area contributed by atoms with E-state index in [0.717, 1.165) is 4.90 Å². The fraction of sp³-hybridized carbons (Fsp3) is 0.188. The number of anilines is 1. The van der Waals surface area contributed by atoms with E-state index in [0.29, 0.717) is 28.0 Å². The van der Waals surface area contributed by atoms with Crippen LogP contribution in [0.1, 0.15) is 0 Å². The van der Waals surface area contributed by atoms with Gasteiger partial charge in [0.05, 0.1) is 20.0 Å². The van der Waals surface area contributed by atoms with Crippen LogP contribution in [0.15, 0.2) is 47.4 Å². The van der Waals surface area contributed by atoms with Crippen LogP contribution in [-0.4, -0.2) is 25.9 Å². The first-order valence-electron chi connectivity index (χ1n) is 6.52. The average Bonchev–Trinajstić information content (AvgIpc) is 2.54. The van der Waals surface area contributed by atoms with E-state index in [2.05, 4.69) is 5.32 Å². The van der Waals surface area contributed by atoms with E-state index >= 15 is 0 Å². The molecular formula is C16H16ClNO3S. The van der Waals surface area contributed by atoms with Gasteiger partial charge in [0.2, 0.25) is 5.91 Å². The van der Waals surface area contributed by atoms with Crippen molar-refractivity contribution in [2.75, 3.05) is 25.3 Å². The SMILES string of the molecule is COc1ccc(NC(=O)CSc2ccc(Cl)cc2)cc1OC. The van der Waals surface area contributed by atoms with Crippen molar-refractivity contribution in [3.05, 3.63) is 47.5 Å². The molecule has 2 rings (SSSR count). The van der Waals surface area contributed by atoms with Crippen LogP contribution in [0.3, 0.4) is 0 Å². The Labute approximate surface area is 138 Å². The zero-order chi connectivity index (χ0) is 15.9. The smallest absolute Gasteiger partial charge is 0.234 e. The van der Waals surface area contributed by atoms with Gasteiger partial charge in [0.1, 0.15) is 0 Å². The number of thioether (sulfide) groups is 1. The van der Waals surface area contributed by atoms with E-state index in [9.17, 15) is 4.79 Å². The molecule has 0 spiro atoms. The number of rotatable bonds is 6. The van der Waals surface area contributed by atoms with E-state index in [1.165, 1.54) is 11.8 Å². The first-order chi connectivity index (χ1) is 10.6. The Kier molecular flexibility index (Phi) is 5.98. The van der Waals surface area contributed by atoms with Gasteiger partial charge in [-0.2, -0.15) is 0 Å². The van der Waals surface area contributed by atoms with Crippen LogP contribution >= 0.6 is 23.4 Å². The molecule has 0 aromatic heterocycles. The molecule has 0 heterocycles. The van der Waals surface area contributed by atoms with Crippen LogP contribution in [0.4, 0.5) is 5.69 Å². The van der Waals surface area contributed by atoms with Gasteiger partial charge >= 0.3 is 0 Å². The Morgan fingerprint density at radius 2 is 1.77 bits per heavy atom. The first-order valence-corrected chi connectivity index (χ1v) is 7.89. The van der Waals surface area contributed by atoms with Gasteiger partial charge in [-0.3, -0.25) is 4.79 Å². The number of carbonyl (C=O) groups excluding carboxylic acids is 1. The van der Waals surface area contributed by atoms with E-state index < -0.39 is 0 Å². The summed E-state index contributed by atoms with van der Waals surface area (Å²) < 4.78 is 10.4. The van der Waals surface area contributed by atoms with Crippen LogP contribution in [-0.2, 0) is 4.79 Å². The molecule has 0 aliphatic carbocycles. The second-order valence-corrected chi connectivity index (χ2v) is 5.85. The van der Waals surface area contributed by atoms with Crippen LogP contribution in [0.5, 0.6) is 11.5 Å². The largest absolute Gasteiger partial charge is 0.493 e. The monoisotopic (exact) mass is 337 g/mol. The van der Waals surface area contributed by atoms with Crippen molar-refractivity contribution < 1.29 is 14.3 Å². The molecule has 1 amide bonds. The van der Waals surface area contributed by atoms with Crippen molar-refractivity contribution in [2.24, 2.45) is 0 Å². The summed E-state index contributed by atoms with van der Waals surface area (Å²) in [7, 11) is 3.12. The molecule has 2 aromatic carbocycles. The van der Waals surface area contributed by atoms with E-state index in [1.54, 1.807) is 44.6 Å². The quantitative estimate of drug-likeness (QED) is 0.806. The summed E-state index contributed by atoms with van der Waals surface area (Å²) in [5, 5.41) is 3.51. The van der Waals surface area contributed by atoms with Gasteiger partial charge in [-0.05, 0) is 36.4 Å². The van der Waals surface area contributed by atoms with Gasteiger partial charge in [-0.15, -0.1) is 11.8 Å². The Hall–Kier alpha value is -1.85. The summed E-state index contributed by atoms with van der Waals surface area (Å²) in [6.07, 6.45) is 0. The molecule has 116 valence electrons. The molecule has 0 atom stereocenters. The third-order valence-electron chi connectivity index (χ3n) is 2.85. The van der Waals surface area contributed by atoms with Gasteiger partial charge < -0.3 is 14.8 Å². The predicted molar refractivity (Wildman–Crippen MR) is 90.4 cm³/mol. The molecule has 6 heteroatoms. The maximum atomic E-state index is 12.0. The number of nitrogens with one attached hydrogen (secondary N) is 1. The molecule has 1 N–H and O–H groups in total. The summed E-state index contributed by atoms with van der Waals surface area (Å²) in [6, 6.07) is 12.6. The number of ether oxygens (including phenoxy) is 2. The van der Waals surface area contributed by atoms with Crippen molar-refractivity contribution >= 4 is 35.0 Å². The zero-order valence-corrected chi connectivity index (χ0v) is 13.8. The minimum Gasteiger partial charge on any atom is -0.493 e. The Morgan fingerprint density at radius 1 is 1.09 bits per heavy atom. The Morgan fingerprint density at radius 3 is 2.41 bits per heavy atom. The highest BCUT2D eigenvalue weighted by molar-refractivity contribution is 8.00. The van der Waals surface area contributed by atoms with Crippen molar-refractivity contribution in [3.8, 4) is 11.5 Å². The highest BCUT2D eigenvalue weighted by Gasteiger charge is 2.08. The number of methoxy groups -OCH3 is 2. The normalized spacial score (nSPS) is 10.1. The number of hydrogen-bond donors (Lipinski definition) is 1. The predicted octanol–water partition coefficient (Wildman–Crippen LogP) is 4.09. The van der Waals surface area contributed by atoms with E-state index in [4.69, 9.17) is 21.1 Å². The van der Waals surface area contributed by atoms with Crippen molar-refractivity contribution in [1.29, 1.82) is 0 Å². The zero-order valence-electron chi connectivity index (χ0n) is 12.3.